The molecule has 1 saturated heterocycles. The second kappa shape index (κ2) is 17.9. The number of likely N-dealkylation sites (tertiary alicyclic amines) is 1. The Bertz CT molecular complexity index is 819. The first kappa shape index (κ1) is 32.5. The summed E-state index contributed by atoms with van der Waals surface area (Å²) >= 11 is 1.35. The molecule has 1 fully saturated rings. The van der Waals surface area contributed by atoms with Gasteiger partial charge in [-0.25, -0.2) is 0 Å². The highest BCUT2D eigenvalue weighted by molar-refractivity contribution is 8.13. The van der Waals surface area contributed by atoms with Crippen LogP contribution in [0.3, 0.4) is 0 Å². The van der Waals surface area contributed by atoms with Crippen molar-refractivity contribution in [1.82, 2.24) is 4.90 Å². The molecule has 1 unspecified atom stereocenters. The highest BCUT2D eigenvalue weighted by Crippen LogP contribution is 2.29. The Hall–Kier alpha value is -2.45. The molecule has 1 atom stereocenters. The van der Waals surface area contributed by atoms with Crippen LogP contribution in [0.2, 0.25) is 0 Å². The molecule has 0 saturated carbocycles. The number of carbonyl (C=O) groups excluding carboxylic acids is 3. The van der Waals surface area contributed by atoms with Gasteiger partial charge < -0.3 is 9.59 Å². The summed E-state index contributed by atoms with van der Waals surface area (Å²) in [6.45, 7) is 9.17. The molecule has 0 aliphatic carbocycles. The number of halogens is 3. The van der Waals surface area contributed by atoms with Crippen molar-refractivity contribution < 1.29 is 27.6 Å². The number of thioether (sulfide) groups is 1. The molecule has 0 radical (unpaired) electrons. The fourth-order valence-corrected chi connectivity index (χ4v) is 4.40. The van der Waals surface area contributed by atoms with Crippen LogP contribution in [0.25, 0.3) is 0 Å². The van der Waals surface area contributed by atoms with Crippen molar-refractivity contribution in [3.8, 4) is 0 Å². The number of alkyl halides is 3. The van der Waals surface area contributed by atoms with Gasteiger partial charge in [0.1, 0.15) is 13.6 Å². The van der Waals surface area contributed by atoms with Crippen LogP contribution in [0.1, 0.15) is 47.9 Å². The van der Waals surface area contributed by atoms with Crippen molar-refractivity contribution in [3.63, 3.8) is 0 Å². The minimum atomic E-state index is -4.28. The summed E-state index contributed by atoms with van der Waals surface area (Å²) < 4.78 is 37.4. The molecular formula is C27H36F3NO3S. The molecule has 0 amide bonds. The molecule has 35 heavy (non-hydrogen) atoms. The summed E-state index contributed by atoms with van der Waals surface area (Å²) in [6, 6.07) is 13.8. The lowest BCUT2D eigenvalue weighted by Crippen LogP contribution is -2.40. The van der Waals surface area contributed by atoms with Gasteiger partial charge in [0.2, 0.25) is 5.12 Å². The SMILES string of the molecule is C=O.C=O.CN1CCCCC1C(=O)SCCCc1ccc(C(F)(F)F)cc1.Cc1ccc(C)cc1. The molecule has 4 nitrogen and oxygen atoms in total. The van der Waals surface area contributed by atoms with Gasteiger partial charge in [-0.2, -0.15) is 13.2 Å². The molecule has 3 rings (SSSR count). The molecule has 0 bridgehead atoms. The molecular weight excluding hydrogens is 475 g/mol. The molecule has 0 spiro atoms. The molecule has 0 N–H and O–H groups in total. The van der Waals surface area contributed by atoms with Gasteiger partial charge in [-0.05, 0) is 70.8 Å². The molecule has 1 aliphatic rings. The van der Waals surface area contributed by atoms with Crippen LogP contribution in [-0.2, 0) is 27.0 Å². The third-order valence-corrected chi connectivity index (χ3v) is 6.45. The van der Waals surface area contributed by atoms with Crippen molar-refractivity contribution in [2.75, 3.05) is 19.3 Å². The second-order valence-corrected chi connectivity index (χ2v) is 9.21. The summed E-state index contributed by atoms with van der Waals surface area (Å²) in [7, 11) is 1.99. The largest absolute Gasteiger partial charge is 0.416 e. The molecule has 8 heteroatoms. The average Bonchev–Trinajstić information content (AvgIpc) is 2.86. The predicted molar refractivity (Wildman–Crippen MR) is 138 cm³/mol. The van der Waals surface area contributed by atoms with E-state index in [0.29, 0.717) is 12.2 Å². The molecule has 2 aromatic carbocycles. The normalized spacial score (nSPS) is 15.3. The van der Waals surface area contributed by atoms with Gasteiger partial charge in [0.05, 0.1) is 11.6 Å². The highest BCUT2D eigenvalue weighted by Gasteiger charge is 2.30. The van der Waals surface area contributed by atoms with E-state index in [0.717, 1.165) is 49.9 Å². The van der Waals surface area contributed by atoms with Gasteiger partial charge in [0.25, 0.3) is 0 Å². The monoisotopic (exact) mass is 511 g/mol. The van der Waals surface area contributed by atoms with Crippen LogP contribution >= 0.6 is 11.8 Å². The lowest BCUT2D eigenvalue weighted by Gasteiger charge is -2.30. The van der Waals surface area contributed by atoms with Gasteiger partial charge >= 0.3 is 6.18 Å². The van der Waals surface area contributed by atoms with Crippen LogP contribution in [0.4, 0.5) is 13.2 Å². The van der Waals surface area contributed by atoms with Crippen LogP contribution < -0.4 is 0 Å². The molecule has 194 valence electrons. The third kappa shape index (κ3) is 13.3. The number of nitrogens with zero attached hydrogens (tertiary/aromatic N) is 1. The smallest absolute Gasteiger partial charge is 0.307 e. The van der Waals surface area contributed by atoms with E-state index in [-0.39, 0.29) is 11.2 Å². The number of piperidine rings is 1. The third-order valence-electron chi connectivity index (χ3n) is 5.40. The maximum atomic E-state index is 12.5. The van der Waals surface area contributed by atoms with E-state index in [1.807, 2.05) is 20.6 Å². The zero-order valence-electron chi connectivity index (χ0n) is 20.8. The first-order valence-corrected chi connectivity index (χ1v) is 12.3. The second-order valence-electron chi connectivity index (χ2n) is 8.11. The van der Waals surface area contributed by atoms with E-state index in [9.17, 15) is 18.0 Å². The van der Waals surface area contributed by atoms with Crippen LogP contribution in [0.15, 0.2) is 48.5 Å². The maximum absolute atomic E-state index is 12.5. The zero-order valence-corrected chi connectivity index (χ0v) is 21.6. The summed E-state index contributed by atoms with van der Waals surface area (Å²) in [5.41, 5.74) is 2.91. The average molecular weight is 512 g/mol. The number of hydrogen-bond donors (Lipinski definition) is 0. The summed E-state index contributed by atoms with van der Waals surface area (Å²) in [5.74, 6) is 0.712. The van der Waals surface area contributed by atoms with E-state index in [2.05, 4.69) is 43.0 Å². The lowest BCUT2D eigenvalue weighted by molar-refractivity contribution is -0.137. The van der Waals surface area contributed by atoms with Gasteiger partial charge in [-0.15, -0.1) is 0 Å². The fraction of sp³-hybridized carbons (Fsp3) is 0.444. The minimum Gasteiger partial charge on any atom is -0.307 e. The van der Waals surface area contributed by atoms with Crippen LogP contribution in [0, 0.1) is 13.8 Å². The quantitative estimate of drug-likeness (QED) is 0.440. The first-order chi connectivity index (χ1) is 16.7. The summed E-state index contributed by atoms with van der Waals surface area (Å²) in [4.78, 5) is 30.3. The highest BCUT2D eigenvalue weighted by atomic mass is 32.2. The number of likely N-dealkylation sites (N-methyl/N-ethyl adjacent to an activating group) is 1. The standard InChI is InChI=1S/C17H22F3NOS.C8H10.2CH2O/c1-21-11-3-2-6-15(21)16(22)23-12-4-5-13-7-9-14(10-8-13)17(18,19)20;1-7-3-5-8(2)6-4-7;2*1-2/h7-10,15H,2-6,11-12H2,1H3;3-6H,1-2H3;2*1H2. The zero-order chi connectivity index (χ0) is 26.9. The number of benzene rings is 2. The Labute approximate surface area is 211 Å². The van der Waals surface area contributed by atoms with Crippen LogP contribution in [-0.4, -0.2) is 49.0 Å². The van der Waals surface area contributed by atoms with E-state index < -0.39 is 11.7 Å². The fourth-order valence-electron chi connectivity index (χ4n) is 3.42. The van der Waals surface area contributed by atoms with Crippen molar-refractivity contribution in [2.45, 2.75) is 58.2 Å². The number of aryl methyl sites for hydroxylation is 3. The molecule has 1 heterocycles. The van der Waals surface area contributed by atoms with E-state index in [4.69, 9.17) is 9.59 Å². The summed E-state index contributed by atoms with van der Waals surface area (Å²) in [5, 5.41) is 0.222. The van der Waals surface area contributed by atoms with Crippen molar-refractivity contribution in [2.24, 2.45) is 0 Å². The number of carbonyl (C=O) groups is 3. The van der Waals surface area contributed by atoms with E-state index in [1.165, 1.54) is 35.0 Å². The Morgan fingerprint density at radius 1 is 0.943 bits per heavy atom. The topological polar surface area (TPSA) is 54.5 Å². The van der Waals surface area contributed by atoms with Gasteiger partial charge in [-0.1, -0.05) is 65.7 Å². The Balaban J connectivity index is 0.000000801. The van der Waals surface area contributed by atoms with Crippen molar-refractivity contribution >= 4 is 30.5 Å². The van der Waals surface area contributed by atoms with Gasteiger partial charge in [0.15, 0.2) is 0 Å². The van der Waals surface area contributed by atoms with Crippen molar-refractivity contribution in [1.29, 1.82) is 0 Å². The lowest BCUT2D eigenvalue weighted by atomic mass is 10.0. The maximum Gasteiger partial charge on any atom is 0.416 e. The molecule has 1 aliphatic heterocycles. The Morgan fingerprint density at radius 3 is 1.91 bits per heavy atom. The molecule has 2 aromatic rings. The summed E-state index contributed by atoms with van der Waals surface area (Å²) in [6.07, 6.45) is 0.386. The Kier molecular flexibility index (Phi) is 16.7. The van der Waals surface area contributed by atoms with Crippen molar-refractivity contribution in [3.05, 3.63) is 70.8 Å². The van der Waals surface area contributed by atoms with E-state index in [1.54, 1.807) is 0 Å². The van der Waals surface area contributed by atoms with E-state index >= 15 is 0 Å². The minimum absolute atomic E-state index is 0.0276. The van der Waals surface area contributed by atoms with Gasteiger partial charge in [-0.3, -0.25) is 9.69 Å². The van der Waals surface area contributed by atoms with Crippen LogP contribution in [0.5, 0.6) is 0 Å². The predicted octanol–water partition coefficient (Wildman–Crippen LogP) is 6.32. The number of rotatable bonds is 5. The van der Waals surface area contributed by atoms with Gasteiger partial charge in [0, 0.05) is 5.75 Å². The molecule has 0 aromatic heterocycles. The Morgan fingerprint density at radius 2 is 1.46 bits per heavy atom. The first-order valence-electron chi connectivity index (χ1n) is 11.3. The number of hydrogen-bond acceptors (Lipinski definition) is 5.